The maximum Gasteiger partial charge on any atom is 0.255 e. The van der Waals surface area contributed by atoms with E-state index in [4.69, 9.17) is 0 Å². The molecule has 1 heterocycles. The van der Waals surface area contributed by atoms with Gasteiger partial charge in [0.15, 0.2) is 9.84 Å². The number of nitrogens with one attached hydrogen (secondary N) is 1. The van der Waals surface area contributed by atoms with Crippen molar-refractivity contribution in [2.45, 2.75) is 24.0 Å². The number of carbonyl (C=O) groups excluding carboxylic acids is 1. The molecule has 4 rings (SSSR count). The summed E-state index contributed by atoms with van der Waals surface area (Å²) < 4.78 is 25.3. The number of carbonyl (C=O) groups is 1. The molecule has 3 aromatic rings. The molecule has 5 nitrogen and oxygen atoms in total. The van der Waals surface area contributed by atoms with Crippen LogP contribution in [0.3, 0.4) is 0 Å². The van der Waals surface area contributed by atoms with Crippen LogP contribution >= 0.6 is 0 Å². The van der Waals surface area contributed by atoms with Crippen LogP contribution in [0.4, 0.5) is 11.4 Å². The van der Waals surface area contributed by atoms with Gasteiger partial charge in [0, 0.05) is 30.0 Å². The van der Waals surface area contributed by atoms with Crippen LogP contribution in [-0.4, -0.2) is 27.4 Å². The number of benzene rings is 3. The van der Waals surface area contributed by atoms with Gasteiger partial charge in [0.05, 0.1) is 10.6 Å². The molecule has 0 aliphatic carbocycles. The van der Waals surface area contributed by atoms with Gasteiger partial charge >= 0.3 is 0 Å². The van der Waals surface area contributed by atoms with E-state index in [1.165, 1.54) is 5.56 Å². The Hall–Kier alpha value is -3.12. The Morgan fingerprint density at radius 2 is 1.80 bits per heavy atom. The molecule has 1 aliphatic rings. The molecule has 0 fully saturated rings. The van der Waals surface area contributed by atoms with Crippen LogP contribution in [0.15, 0.2) is 77.7 Å². The standard InChI is InChI=1S/C24H24N2O3S/c1-2-26-14-13-19-11-12-21(16-23(19)26)25-24(27)20-8-6-7-18(15-20)17-30(28,29)22-9-4-3-5-10-22/h3-12,15-16H,2,13-14,17H2,1H3,(H,25,27). The van der Waals surface area contributed by atoms with Gasteiger partial charge in [-0.2, -0.15) is 0 Å². The fourth-order valence-corrected chi connectivity index (χ4v) is 5.14. The molecule has 0 spiro atoms. The van der Waals surface area contributed by atoms with Crippen molar-refractivity contribution < 1.29 is 13.2 Å². The van der Waals surface area contributed by atoms with Crippen molar-refractivity contribution in [3.8, 4) is 0 Å². The predicted molar refractivity (Wildman–Crippen MR) is 120 cm³/mol. The molecule has 0 saturated heterocycles. The second-order valence-electron chi connectivity index (χ2n) is 7.40. The highest BCUT2D eigenvalue weighted by Crippen LogP contribution is 2.30. The summed E-state index contributed by atoms with van der Waals surface area (Å²) in [6.45, 7) is 4.05. The number of rotatable bonds is 6. The molecule has 1 amide bonds. The summed E-state index contributed by atoms with van der Waals surface area (Å²) in [6.07, 6.45) is 1.02. The van der Waals surface area contributed by atoms with E-state index in [1.807, 2.05) is 12.1 Å². The summed E-state index contributed by atoms with van der Waals surface area (Å²) in [5, 5.41) is 2.94. The first-order valence-corrected chi connectivity index (χ1v) is 11.7. The van der Waals surface area contributed by atoms with E-state index in [0.29, 0.717) is 11.1 Å². The van der Waals surface area contributed by atoms with Crippen molar-refractivity contribution in [1.82, 2.24) is 0 Å². The second kappa shape index (κ2) is 8.32. The first-order valence-electron chi connectivity index (χ1n) is 10.0. The number of anilines is 2. The van der Waals surface area contributed by atoms with Crippen LogP contribution in [0.5, 0.6) is 0 Å². The highest BCUT2D eigenvalue weighted by molar-refractivity contribution is 7.90. The fraction of sp³-hybridized carbons (Fsp3) is 0.208. The minimum Gasteiger partial charge on any atom is -0.371 e. The van der Waals surface area contributed by atoms with Gasteiger partial charge in [-0.1, -0.05) is 36.4 Å². The first kappa shape index (κ1) is 20.2. The van der Waals surface area contributed by atoms with Crippen LogP contribution in [0.1, 0.15) is 28.4 Å². The number of sulfone groups is 1. The van der Waals surface area contributed by atoms with Crippen molar-refractivity contribution in [3.63, 3.8) is 0 Å². The molecule has 1 aliphatic heterocycles. The van der Waals surface area contributed by atoms with Crippen LogP contribution in [0.2, 0.25) is 0 Å². The third-order valence-electron chi connectivity index (χ3n) is 5.36. The highest BCUT2D eigenvalue weighted by Gasteiger charge is 2.19. The monoisotopic (exact) mass is 420 g/mol. The van der Waals surface area contributed by atoms with E-state index in [2.05, 4.69) is 23.2 Å². The number of fused-ring (bicyclic) bond motifs is 1. The van der Waals surface area contributed by atoms with Gasteiger partial charge in [-0.25, -0.2) is 8.42 Å². The van der Waals surface area contributed by atoms with Crippen LogP contribution in [0, 0.1) is 0 Å². The Labute approximate surface area is 177 Å². The molecule has 0 atom stereocenters. The molecular weight excluding hydrogens is 396 g/mol. The third kappa shape index (κ3) is 4.24. The van der Waals surface area contributed by atoms with Crippen molar-refractivity contribution in [2.24, 2.45) is 0 Å². The average molecular weight is 421 g/mol. The van der Waals surface area contributed by atoms with E-state index in [1.54, 1.807) is 54.6 Å². The van der Waals surface area contributed by atoms with E-state index in [-0.39, 0.29) is 16.6 Å². The number of nitrogens with zero attached hydrogens (tertiary/aromatic N) is 1. The van der Waals surface area contributed by atoms with Crippen LogP contribution < -0.4 is 10.2 Å². The number of hydrogen-bond donors (Lipinski definition) is 1. The van der Waals surface area contributed by atoms with E-state index >= 15 is 0 Å². The maximum absolute atomic E-state index is 12.8. The normalized spacial score (nSPS) is 13.2. The Balaban J connectivity index is 1.51. The average Bonchev–Trinajstić information content (AvgIpc) is 3.16. The van der Waals surface area contributed by atoms with Crippen molar-refractivity contribution in [1.29, 1.82) is 0 Å². The first-order chi connectivity index (χ1) is 14.5. The largest absolute Gasteiger partial charge is 0.371 e. The van der Waals surface area contributed by atoms with E-state index < -0.39 is 9.84 Å². The summed E-state index contributed by atoms with van der Waals surface area (Å²) in [5.41, 5.74) is 4.21. The van der Waals surface area contributed by atoms with Gasteiger partial charge in [-0.05, 0) is 60.9 Å². The number of likely N-dealkylation sites (N-methyl/N-ethyl adjacent to an activating group) is 1. The summed E-state index contributed by atoms with van der Waals surface area (Å²) >= 11 is 0. The van der Waals surface area contributed by atoms with Crippen LogP contribution in [0.25, 0.3) is 0 Å². The molecular formula is C24H24N2O3S. The molecule has 0 unspecified atom stereocenters. The molecule has 30 heavy (non-hydrogen) atoms. The minimum absolute atomic E-state index is 0.150. The predicted octanol–water partition coefficient (Wildman–Crippen LogP) is 4.30. The van der Waals surface area contributed by atoms with Crippen molar-refractivity contribution in [2.75, 3.05) is 23.3 Å². The molecule has 0 saturated carbocycles. The second-order valence-corrected chi connectivity index (χ2v) is 9.39. The summed E-state index contributed by atoms with van der Waals surface area (Å²) in [6, 6.07) is 21.1. The lowest BCUT2D eigenvalue weighted by molar-refractivity contribution is 0.102. The SMILES string of the molecule is CCN1CCc2ccc(NC(=O)c3cccc(CS(=O)(=O)c4ccccc4)c3)cc21. The molecule has 154 valence electrons. The lowest BCUT2D eigenvalue weighted by Crippen LogP contribution is -2.19. The molecule has 0 bridgehead atoms. The number of hydrogen-bond acceptors (Lipinski definition) is 4. The van der Waals surface area contributed by atoms with Gasteiger partial charge in [-0.15, -0.1) is 0 Å². The quantitative estimate of drug-likeness (QED) is 0.646. The fourth-order valence-electron chi connectivity index (χ4n) is 3.79. The Kier molecular flexibility index (Phi) is 5.59. The van der Waals surface area contributed by atoms with E-state index in [0.717, 1.165) is 30.9 Å². The summed E-state index contributed by atoms with van der Waals surface area (Å²) in [7, 11) is -3.47. The summed E-state index contributed by atoms with van der Waals surface area (Å²) in [4.78, 5) is 15.3. The van der Waals surface area contributed by atoms with Gasteiger partial charge in [0.25, 0.3) is 5.91 Å². The van der Waals surface area contributed by atoms with Gasteiger partial charge in [0.1, 0.15) is 0 Å². The zero-order valence-corrected chi connectivity index (χ0v) is 17.7. The summed E-state index contributed by atoms with van der Waals surface area (Å²) in [5.74, 6) is -0.405. The molecule has 1 N–H and O–H groups in total. The topological polar surface area (TPSA) is 66.5 Å². The van der Waals surface area contributed by atoms with Gasteiger partial charge < -0.3 is 10.2 Å². The molecule has 3 aromatic carbocycles. The molecule has 6 heteroatoms. The molecule has 0 aromatic heterocycles. The lowest BCUT2D eigenvalue weighted by Gasteiger charge is -2.17. The highest BCUT2D eigenvalue weighted by atomic mass is 32.2. The number of amides is 1. The Morgan fingerprint density at radius 1 is 1.00 bits per heavy atom. The third-order valence-corrected chi connectivity index (χ3v) is 7.07. The van der Waals surface area contributed by atoms with Crippen molar-refractivity contribution >= 4 is 27.1 Å². The van der Waals surface area contributed by atoms with Crippen molar-refractivity contribution in [3.05, 3.63) is 89.5 Å². The maximum atomic E-state index is 12.8. The smallest absolute Gasteiger partial charge is 0.255 e. The van der Waals surface area contributed by atoms with E-state index in [9.17, 15) is 13.2 Å². The zero-order chi connectivity index (χ0) is 21.1. The van der Waals surface area contributed by atoms with Crippen LogP contribution in [-0.2, 0) is 22.0 Å². The van der Waals surface area contributed by atoms with Gasteiger partial charge in [-0.3, -0.25) is 4.79 Å². The lowest BCUT2D eigenvalue weighted by atomic mass is 10.1. The van der Waals surface area contributed by atoms with Gasteiger partial charge in [0.2, 0.25) is 0 Å². The minimum atomic E-state index is -3.47. The molecule has 0 radical (unpaired) electrons. The Morgan fingerprint density at radius 3 is 2.57 bits per heavy atom. The Bertz CT molecular complexity index is 1170. The zero-order valence-electron chi connectivity index (χ0n) is 16.8.